The third-order valence-corrected chi connectivity index (χ3v) is 3.57. The Morgan fingerprint density at radius 1 is 1.28 bits per heavy atom. The van der Waals surface area contributed by atoms with Crippen molar-refractivity contribution >= 4 is 17.8 Å². The molecular weight excluding hydrogens is 322 g/mol. The van der Waals surface area contributed by atoms with E-state index in [9.17, 15) is 14.4 Å². The number of likely N-dealkylation sites (tertiary alicyclic amines) is 1. The van der Waals surface area contributed by atoms with Crippen LogP contribution in [0.2, 0.25) is 0 Å². The van der Waals surface area contributed by atoms with Gasteiger partial charge in [-0.25, -0.2) is 9.69 Å². The van der Waals surface area contributed by atoms with Crippen molar-refractivity contribution in [3.63, 3.8) is 0 Å². The molecule has 1 aliphatic rings. The largest absolute Gasteiger partial charge is 0.481 e. The van der Waals surface area contributed by atoms with E-state index in [0.717, 1.165) is 4.90 Å². The zero-order chi connectivity index (χ0) is 18.6. The van der Waals surface area contributed by atoms with Crippen LogP contribution in [0.15, 0.2) is 24.3 Å². The van der Waals surface area contributed by atoms with E-state index >= 15 is 0 Å². The van der Waals surface area contributed by atoms with Crippen molar-refractivity contribution in [3.8, 4) is 18.1 Å². The summed E-state index contributed by atoms with van der Waals surface area (Å²) in [7, 11) is 0. The molecule has 132 valence electrons. The molecule has 1 atom stereocenters. The Morgan fingerprint density at radius 3 is 2.48 bits per heavy atom. The van der Waals surface area contributed by atoms with Crippen molar-refractivity contribution in [2.75, 3.05) is 13.2 Å². The number of hydrogen-bond donors (Lipinski definition) is 0. The number of hydrogen-bond acceptors (Lipinski definition) is 5. The first kappa shape index (κ1) is 18.5. The number of ketones is 1. The highest BCUT2D eigenvalue weighted by molar-refractivity contribution is 6.12. The predicted octanol–water partition coefficient (Wildman–Crippen LogP) is 2.52. The van der Waals surface area contributed by atoms with E-state index in [1.807, 2.05) is 0 Å². The number of rotatable bonds is 3. The van der Waals surface area contributed by atoms with Crippen molar-refractivity contribution in [1.82, 2.24) is 4.90 Å². The number of terminal acetylenes is 1. The fraction of sp³-hybridized carbons (Fsp3) is 0.421. The van der Waals surface area contributed by atoms with Gasteiger partial charge in [0.2, 0.25) is 5.91 Å². The van der Waals surface area contributed by atoms with Crippen LogP contribution < -0.4 is 4.74 Å². The normalized spacial score (nSPS) is 17.8. The summed E-state index contributed by atoms with van der Waals surface area (Å²) in [6, 6.07) is 6.54. The summed E-state index contributed by atoms with van der Waals surface area (Å²) in [6.45, 7) is 5.32. The average Bonchev–Trinajstić information content (AvgIpc) is 2.52. The number of ether oxygens (including phenoxy) is 2. The first-order chi connectivity index (χ1) is 11.7. The van der Waals surface area contributed by atoms with Crippen LogP contribution in [0.1, 0.15) is 38.7 Å². The maximum Gasteiger partial charge on any atom is 0.417 e. The molecule has 6 nitrogen and oxygen atoms in total. The standard InChI is InChI=1S/C19H21NO5/c1-5-12-24-14-8-6-13(7-9-14)16-15(21)10-11-20(17(16)22)18(23)25-19(2,3)4/h1,6-9,16H,10-12H2,2-4H3. The molecule has 2 amide bonds. The van der Waals surface area contributed by atoms with Gasteiger partial charge in [0.25, 0.3) is 0 Å². The van der Waals surface area contributed by atoms with E-state index in [1.54, 1.807) is 45.0 Å². The summed E-state index contributed by atoms with van der Waals surface area (Å²) in [4.78, 5) is 38.1. The molecule has 1 unspecified atom stereocenters. The van der Waals surface area contributed by atoms with Gasteiger partial charge in [0.15, 0.2) is 5.78 Å². The molecule has 0 N–H and O–H groups in total. The molecule has 1 aromatic carbocycles. The lowest BCUT2D eigenvalue weighted by molar-refractivity contribution is -0.140. The van der Waals surface area contributed by atoms with Crippen LogP contribution in [0.25, 0.3) is 0 Å². The van der Waals surface area contributed by atoms with Crippen molar-refractivity contribution in [2.45, 2.75) is 38.7 Å². The van der Waals surface area contributed by atoms with Gasteiger partial charge in [-0.15, -0.1) is 6.42 Å². The molecule has 0 aromatic heterocycles. The molecule has 0 bridgehead atoms. The van der Waals surface area contributed by atoms with E-state index in [0.29, 0.717) is 11.3 Å². The lowest BCUT2D eigenvalue weighted by Gasteiger charge is -2.31. The average molecular weight is 343 g/mol. The maximum atomic E-state index is 12.7. The van der Waals surface area contributed by atoms with E-state index in [4.69, 9.17) is 15.9 Å². The predicted molar refractivity (Wildman–Crippen MR) is 91.1 cm³/mol. The minimum Gasteiger partial charge on any atom is -0.481 e. The summed E-state index contributed by atoms with van der Waals surface area (Å²) in [5, 5.41) is 0. The van der Waals surface area contributed by atoms with Crippen LogP contribution in [0.5, 0.6) is 5.75 Å². The molecule has 1 aliphatic heterocycles. The Labute approximate surface area is 147 Å². The second kappa shape index (κ2) is 7.39. The first-order valence-corrected chi connectivity index (χ1v) is 7.96. The lowest BCUT2D eigenvalue weighted by Crippen LogP contribution is -2.49. The van der Waals surface area contributed by atoms with Gasteiger partial charge < -0.3 is 9.47 Å². The zero-order valence-corrected chi connectivity index (χ0v) is 14.6. The molecule has 0 aliphatic carbocycles. The van der Waals surface area contributed by atoms with Crippen LogP contribution in [0.3, 0.4) is 0 Å². The Bertz CT molecular complexity index is 709. The Morgan fingerprint density at radius 2 is 1.92 bits per heavy atom. The van der Waals surface area contributed by atoms with Gasteiger partial charge in [-0.3, -0.25) is 9.59 Å². The van der Waals surface area contributed by atoms with Gasteiger partial charge in [0, 0.05) is 13.0 Å². The van der Waals surface area contributed by atoms with Crippen LogP contribution >= 0.6 is 0 Å². The Hall–Kier alpha value is -2.81. The summed E-state index contributed by atoms with van der Waals surface area (Å²) in [6.07, 6.45) is 4.50. The molecule has 1 aromatic rings. The summed E-state index contributed by atoms with van der Waals surface area (Å²) >= 11 is 0. The van der Waals surface area contributed by atoms with Gasteiger partial charge >= 0.3 is 6.09 Å². The molecular formula is C19H21NO5. The van der Waals surface area contributed by atoms with E-state index in [1.165, 1.54) is 0 Å². The second-order valence-corrected chi connectivity index (χ2v) is 6.68. The molecule has 1 fully saturated rings. The quantitative estimate of drug-likeness (QED) is 0.623. The fourth-order valence-electron chi connectivity index (χ4n) is 2.48. The molecule has 0 radical (unpaired) electrons. The van der Waals surface area contributed by atoms with E-state index in [-0.39, 0.29) is 25.4 Å². The molecule has 2 rings (SSSR count). The highest BCUT2D eigenvalue weighted by Gasteiger charge is 2.40. The zero-order valence-electron chi connectivity index (χ0n) is 14.6. The van der Waals surface area contributed by atoms with Gasteiger partial charge in [-0.1, -0.05) is 18.1 Å². The van der Waals surface area contributed by atoms with Crippen LogP contribution in [-0.2, 0) is 14.3 Å². The van der Waals surface area contributed by atoms with Crippen molar-refractivity contribution < 1.29 is 23.9 Å². The second-order valence-electron chi connectivity index (χ2n) is 6.68. The number of imide groups is 1. The van der Waals surface area contributed by atoms with E-state index < -0.39 is 23.5 Å². The summed E-state index contributed by atoms with van der Waals surface area (Å²) in [5.41, 5.74) is -0.207. The number of amides is 2. The SMILES string of the molecule is C#CCOc1ccc(C2C(=O)CCN(C(=O)OC(C)(C)C)C2=O)cc1. The lowest BCUT2D eigenvalue weighted by atomic mass is 9.88. The molecule has 0 saturated carbocycles. The topological polar surface area (TPSA) is 72.9 Å². The van der Waals surface area contributed by atoms with Crippen molar-refractivity contribution in [1.29, 1.82) is 0 Å². The Kier molecular flexibility index (Phi) is 5.48. The van der Waals surface area contributed by atoms with Gasteiger partial charge in [-0.05, 0) is 38.5 Å². The monoisotopic (exact) mass is 343 g/mol. The van der Waals surface area contributed by atoms with E-state index in [2.05, 4.69) is 5.92 Å². The number of nitrogens with zero attached hydrogens (tertiary/aromatic N) is 1. The number of carbonyl (C=O) groups excluding carboxylic acids is 3. The third-order valence-electron chi connectivity index (χ3n) is 3.57. The molecule has 25 heavy (non-hydrogen) atoms. The molecule has 1 saturated heterocycles. The number of piperidine rings is 1. The maximum absolute atomic E-state index is 12.7. The minimum absolute atomic E-state index is 0.0342. The fourth-order valence-corrected chi connectivity index (χ4v) is 2.48. The number of carbonyl (C=O) groups is 3. The molecule has 1 heterocycles. The minimum atomic E-state index is -1.01. The van der Waals surface area contributed by atoms with Crippen molar-refractivity contribution in [3.05, 3.63) is 29.8 Å². The molecule has 0 spiro atoms. The number of Topliss-reactive ketones (excluding diaryl/α,β-unsaturated/α-hetero) is 1. The number of benzene rings is 1. The Balaban J connectivity index is 2.18. The smallest absolute Gasteiger partial charge is 0.417 e. The van der Waals surface area contributed by atoms with Gasteiger partial charge in [0.05, 0.1) is 0 Å². The van der Waals surface area contributed by atoms with Crippen molar-refractivity contribution in [2.24, 2.45) is 0 Å². The summed E-state index contributed by atoms with van der Waals surface area (Å²) in [5.74, 6) is 1.10. The third kappa shape index (κ3) is 4.60. The summed E-state index contributed by atoms with van der Waals surface area (Å²) < 4.78 is 10.5. The van der Waals surface area contributed by atoms with Gasteiger partial charge in [0.1, 0.15) is 23.9 Å². The molecule has 6 heteroatoms. The van der Waals surface area contributed by atoms with Crippen LogP contribution in [-0.4, -0.2) is 41.4 Å². The van der Waals surface area contributed by atoms with Gasteiger partial charge in [-0.2, -0.15) is 0 Å². The van der Waals surface area contributed by atoms with Crippen LogP contribution in [0.4, 0.5) is 4.79 Å². The van der Waals surface area contributed by atoms with Crippen LogP contribution in [0, 0.1) is 12.3 Å². The highest BCUT2D eigenvalue weighted by Crippen LogP contribution is 2.28. The highest BCUT2D eigenvalue weighted by atomic mass is 16.6. The first-order valence-electron chi connectivity index (χ1n) is 7.96.